The van der Waals surface area contributed by atoms with Gasteiger partial charge >= 0.3 is 0 Å². The lowest BCUT2D eigenvalue weighted by Gasteiger charge is -2.05. The Morgan fingerprint density at radius 1 is 1.13 bits per heavy atom. The van der Waals surface area contributed by atoms with Crippen molar-refractivity contribution in [2.75, 3.05) is 4.72 Å². The van der Waals surface area contributed by atoms with E-state index in [1.807, 2.05) is 31.2 Å². The molecule has 2 aromatic heterocycles. The predicted octanol–water partition coefficient (Wildman–Crippen LogP) is 1.77. The summed E-state index contributed by atoms with van der Waals surface area (Å²) in [5.41, 5.74) is 2.72. The molecule has 0 saturated heterocycles. The van der Waals surface area contributed by atoms with Crippen molar-refractivity contribution in [3.05, 3.63) is 60.2 Å². The molecular weight excluding hydrogens is 314 g/mol. The summed E-state index contributed by atoms with van der Waals surface area (Å²) in [6, 6.07) is 8.01. The van der Waals surface area contributed by atoms with Crippen molar-refractivity contribution in [3.63, 3.8) is 0 Å². The van der Waals surface area contributed by atoms with Crippen LogP contribution in [0.25, 0.3) is 0 Å². The van der Waals surface area contributed by atoms with E-state index < -0.39 is 10.0 Å². The van der Waals surface area contributed by atoms with Crippen molar-refractivity contribution in [1.29, 1.82) is 0 Å². The van der Waals surface area contributed by atoms with Gasteiger partial charge in [-0.15, -0.1) is 0 Å². The molecule has 3 aromatic rings. The molecule has 2 heterocycles. The second-order valence-corrected chi connectivity index (χ2v) is 6.99. The first-order valence-electron chi connectivity index (χ1n) is 7.02. The maximum atomic E-state index is 12.2. The molecular formula is C15H17N5O2S. The Kier molecular flexibility index (Phi) is 3.91. The number of nitrogens with zero attached hydrogens (tertiary/aromatic N) is 4. The standard InChI is InChI=1S/C15H17N5O2S/c1-12-5-3-4-6-13(12)9-20-10-14(7-17-20)18-23(21,22)15-8-16-19(2)11-15/h3-8,10-11,18H,9H2,1-2H3. The molecule has 3 rings (SSSR count). The quantitative estimate of drug-likeness (QED) is 0.772. The van der Waals surface area contributed by atoms with E-state index in [2.05, 4.69) is 14.9 Å². The Morgan fingerprint density at radius 3 is 2.61 bits per heavy atom. The Bertz CT molecular complexity index is 927. The van der Waals surface area contributed by atoms with Crippen LogP contribution in [0.5, 0.6) is 0 Å². The fraction of sp³-hybridized carbons (Fsp3) is 0.200. The van der Waals surface area contributed by atoms with E-state index in [1.54, 1.807) is 17.9 Å². The highest BCUT2D eigenvalue weighted by Gasteiger charge is 2.17. The fourth-order valence-corrected chi connectivity index (χ4v) is 3.23. The zero-order valence-electron chi connectivity index (χ0n) is 12.8. The topological polar surface area (TPSA) is 81.8 Å². The van der Waals surface area contributed by atoms with Gasteiger partial charge in [0.25, 0.3) is 10.0 Å². The van der Waals surface area contributed by atoms with Crippen LogP contribution in [-0.4, -0.2) is 28.0 Å². The van der Waals surface area contributed by atoms with Crippen LogP contribution in [0.1, 0.15) is 11.1 Å². The monoisotopic (exact) mass is 331 g/mol. The number of nitrogens with one attached hydrogen (secondary N) is 1. The fourth-order valence-electron chi connectivity index (χ4n) is 2.22. The van der Waals surface area contributed by atoms with Gasteiger partial charge in [-0.05, 0) is 18.1 Å². The molecule has 1 N–H and O–H groups in total. The summed E-state index contributed by atoms with van der Waals surface area (Å²) in [4.78, 5) is 0.117. The van der Waals surface area contributed by atoms with E-state index in [4.69, 9.17) is 0 Å². The first-order chi connectivity index (χ1) is 10.9. The molecule has 0 amide bonds. The Morgan fingerprint density at radius 2 is 1.91 bits per heavy atom. The molecule has 23 heavy (non-hydrogen) atoms. The smallest absolute Gasteiger partial charge is 0.265 e. The van der Waals surface area contributed by atoms with Gasteiger partial charge in [0.1, 0.15) is 4.90 Å². The third kappa shape index (κ3) is 3.42. The highest BCUT2D eigenvalue weighted by Crippen LogP contribution is 2.16. The van der Waals surface area contributed by atoms with Gasteiger partial charge in [-0.1, -0.05) is 24.3 Å². The molecule has 0 radical (unpaired) electrons. The third-order valence-electron chi connectivity index (χ3n) is 3.47. The molecule has 0 aliphatic heterocycles. The van der Waals surface area contributed by atoms with E-state index >= 15 is 0 Å². The number of hydrogen-bond donors (Lipinski definition) is 1. The Balaban J connectivity index is 1.76. The third-order valence-corrected chi connectivity index (χ3v) is 4.81. The minimum absolute atomic E-state index is 0.117. The van der Waals surface area contributed by atoms with Crippen LogP contribution in [0.3, 0.4) is 0 Å². The van der Waals surface area contributed by atoms with Gasteiger partial charge < -0.3 is 0 Å². The number of rotatable bonds is 5. The van der Waals surface area contributed by atoms with Crippen LogP contribution < -0.4 is 4.72 Å². The summed E-state index contributed by atoms with van der Waals surface area (Å²) in [7, 11) is -1.98. The van der Waals surface area contributed by atoms with E-state index in [9.17, 15) is 8.42 Å². The Labute approximate surface area is 134 Å². The van der Waals surface area contributed by atoms with Crippen molar-refractivity contribution in [2.24, 2.45) is 7.05 Å². The Hall–Kier alpha value is -2.61. The van der Waals surface area contributed by atoms with Gasteiger partial charge in [0.15, 0.2) is 0 Å². The van der Waals surface area contributed by atoms with Gasteiger partial charge in [0.05, 0.1) is 24.6 Å². The average molecular weight is 331 g/mol. The molecule has 0 fully saturated rings. The van der Waals surface area contributed by atoms with Crippen molar-refractivity contribution >= 4 is 15.7 Å². The molecule has 7 nitrogen and oxygen atoms in total. The molecule has 0 atom stereocenters. The maximum absolute atomic E-state index is 12.2. The van der Waals surface area contributed by atoms with Crippen LogP contribution in [-0.2, 0) is 23.6 Å². The van der Waals surface area contributed by atoms with Crippen molar-refractivity contribution in [1.82, 2.24) is 19.6 Å². The van der Waals surface area contributed by atoms with E-state index in [0.29, 0.717) is 12.2 Å². The van der Waals surface area contributed by atoms with Crippen LogP contribution in [0.2, 0.25) is 0 Å². The van der Waals surface area contributed by atoms with Gasteiger partial charge in [-0.2, -0.15) is 10.2 Å². The minimum Gasteiger partial charge on any atom is -0.276 e. The zero-order chi connectivity index (χ0) is 16.4. The molecule has 0 spiro atoms. The number of aromatic nitrogens is 4. The number of anilines is 1. The molecule has 0 saturated carbocycles. The molecule has 0 aliphatic carbocycles. The summed E-state index contributed by atoms with van der Waals surface area (Å²) in [5, 5.41) is 8.08. The summed E-state index contributed by atoms with van der Waals surface area (Å²) < 4.78 is 30.1. The van der Waals surface area contributed by atoms with Crippen molar-refractivity contribution < 1.29 is 8.42 Å². The average Bonchev–Trinajstić information content (AvgIpc) is 3.11. The number of benzene rings is 1. The molecule has 8 heteroatoms. The summed E-state index contributed by atoms with van der Waals surface area (Å²) in [6.45, 7) is 2.62. The second-order valence-electron chi connectivity index (χ2n) is 5.31. The number of sulfonamides is 1. The van der Waals surface area contributed by atoms with Crippen LogP contribution in [0.15, 0.2) is 53.9 Å². The van der Waals surface area contributed by atoms with Crippen molar-refractivity contribution in [2.45, 2.75) is 18.4 Å². The lowest BCUT2D eigenvalue weighted by molar-refractivity contribution is 0.601. The molecule has 0 unspecified atom stereocenters. The first-order valence-corrected chi connectivity index (χ1v) is 8.51. The SMILES string of the molecule is Cc1ccccc1Cn1cc(NS(=O)(=O)c2cnn(C)c2)cn1. The molecule has 1 aromatic carbocycles. The number of aryl methyl sites for hydroxylation is 2. The van der Waals surface area contributed by atoms with E-state index in [-0.39, 0.29) is 4.90 Å². The molecule has 120 valence electrons. The minimum atomic E-state index is -3.65. The highest BCUT2D eigenvalue weighted by atomic mass is 32.2. The maximum Gasteiger partial charge on any atom is 0.265 e. The molecule has 0 bridgehead atoms. The lowest BCUT2D eigenvalue weighted by Crippen LogP contribution is -2.11. The van der Waals surface area contributed by atoms with E-state index in [1.165, 1.54) is 28.8 Å². The van der Waals surface area contributed by atoms with E-state index in [0.717, 1.165) is 5.56 Å². The second kappa shape index (κ2) is 5.88. The summed E-state index contributed by atoms with van der Waals surface area (Å²) >= 11 is 0. The van der Waals surface area contributed by atoms with Crippen molar-refractivity contribution in [3.8, 4) is 0 Å². The van der Waals surface area contributed by atoms with Crippen LogP contribution in [0, 0.1) is 6.92 Å². The first kappa shape index (κ1) is 15.3. The van der Waals surface area contributed by atoms with Gasteiger partial charge in [-0.3, -0.25) is 14.1 Å². The summed E-state index contributed by atoms with van der Waals surface area (Å²) in [5.74, 6) is 0. The van der Waals surface area contributed by atoms with Crippen LogP contribution >= 0.6 is 0 Å². The zero-order valence-corrected chi connectivity index (χ0v) is 13.7. The van der Waals surface area contributed by atoms with Gasteiger partial charge in [0, 0.05) is 19.4 Å². The predicted molar refractivity (Wildman–Crippen MR) is 86.5 cm³/mol. The lowest BCUT2D eigenvalue weighted by atomic mass is 10.1. The van der Waals surface area contributed by atoms with Gasteiger partial charge in [0.2, 0.25) is 0 Å². The normalized spacial score (nSPS) is 11.6. The largest absolute Gasteiger partial charge is 0.276 e. The van der Waals surface area contributed by atoms with Crippen LogP contribution in [0.4, 0.5) is 5.69 Å². The van der Waals surface area contributed by atoms with Gasteiger partial charge in [-0.25, -0.2) is 8.42 Å². The summed E-state index contributed by atoms with van der Waals surface area (Å²) in [6.07, 6.45) is 5.91. The molecule has 0 aliphatic rings. The highest BCUT2D eigenvalue weighted by molar-refractivity contribution is 7.92. The number of hydrogen-bond acceptors (Lipinski definition) is 4.